The van der Waals surface area contributed by atoms with Gasteiger partial charge < -0.3 is 5.73 Å². The molecule has 0 heterocycles. The first-order chi connectivity index (χ1) is 8.00. The van der Waals surface area contributed by atoms with Crippen LogP contribution in [0.2, 0.25) is 0 Å². The molecule has 7 heteroatoms. The molecular weight excluding hydrogens is 226 g/mol. The largest absolute Gasteiger partial charge is 0.399 e. The average molecular weight is 233 g/mol. The van der Waals surface area contributed by atoms with Gasteiger partial charge in [0.15, 0.2) is 0 Å². The van der Waals surface area contributed by atoms with Crippen LogP contribution in [0.25, 0.3) is 10.8 Å². The maximum atomic E-state index is 10.9. The summed E-state index contributed by atoms with van der Waals surface area (Å²) >= 11 is 0. The molecule has 0 atom stereocenters. The smallest absolute Gasteiger partial charge is 0.286 e. The first-order valence-electron chi connectivity index (χ1n) is 4.61. The molecular formula is C10H7N3O4. The Labute approximate surface area is 94.8 Å². The molecule has 0 aliphatic carbocycles. The number of anilines is 1. The van der Waals surface area contributed by atoms with E-state index in [9.17, 15) is 20.2 Å². The van der Waals surface area contributed by atoms with Crippen LogP contribution in [-0.2, 0) is 0 Å². The zero-order valence-corrected chi connectivity index (χ0v) is 8.49. The number of fused-ring (bicyclic) bond motifs is 1. The van der Waals surface area contributed by atoms with Crippen LogP contribution in [0.3, 0.4) is 0 Å². The van der Waals surface area contributed by atoms with E-state index in [4.69, 9.17) is 5.73 Å². The number of nitrogens with two attached hydrogens (primary N) is 1. The fraction of sp³-hybridized carbons (Fsp3) is 0. The Morgan fingerprint density at radius 1 is 1.00 bits per heavy atom. The molecule has 0 fully saturated rings. The van der Waals surface area contributed by atoms with Gasteiger partial charge in [0.2, 0.25) is 0 Å². The Hall–Kier alpha value is -2.70. The summed E-state index contributed by atoms with van der Waals surface area (Å²) in [4.78, 5) is 20.4. The summed E-state index contributed by atoms with van der Waals surface area (Å²) in [7, 11) is 0. The zero-order chi connectivity index (χ0) is 12.6. The maximum Gasteiger partial charge on any atom is 0.286 e. The Morgan fingerprint density at radius 3 is 2.24 bits per heavy atom. The number of nitro groups is 2. The summed E-state index contributed by atoms with van der Waals surface area (Å²) < 4.78 is 0. The number of nitrogen functional groups attached to an aromatic ring is 1. The molecule has 2 aromatic carbocycles. The second-order valence-corrected chi connectivity index (χ2v) is 3.43. The maximum absolute atomic E-state index is 10.9. The first-order valence-corrected chi connectivity index (χ1v) is 4.61. The van der Waals surface area contributed by atoms with Crippen molar-refractivity contribution < 1.29 is 9.85 Å². The third kappa shape index (κ3) is 1.73. The summed E-state index contributed by atoms with van der Waals surface area (Å²) in [6.45, 7) is 0. The van der Waals surface area contributed by atoms with E-state index in [-0.39, 0.29) is 22.4 Å². The van der Waals surface area contributed by atoms with Gasteiger partial charge in [-0.2, -0.15) is 0 Å². The molecule has 0 saturated carbocycles. The van der Waals surface area contributed by atoms with E-state index in [2.05, 4.69) is 0 Å². The number of benzene rings is 2. The SMILES string of the molecule is Nc1cc([N+](=O)[O-])c2c([N+](=O)[O-])cccc2c1. The highest BCUT2D eigenvalue weighted by Gasteiger charge is 2.22. The van der Waals surface area contributed by atoms with Gasteiger partial charge in [-0.15, -0.1) is 0 Å². The van der Waals surface area contributed by atoms with Crippen molar-refractivity contribution in [2.75, 3.05) is 5.73 Å². The molecule has 0 bridgehead atoms. The molecule has 0 amide bonds. The van der Waals surface area contributed by atoms with Crippen LogP contribution >= 0.6 is 0 Å². The van der Waals surface area contributed by atoms with Crippen molar-refractivity contribution in [2.45, 2.75) is 0 Å². The summed E-state index contributed by atoms with van der Waals surface area (Å²) in [5.74, 6) is 0. The molecule has 2 aromatic rings. The van der Waals surface area contributed by atoms with Crippen molar-refractivity contribution >= 4 is 27.8 Å². The Bertz CT molecular complexity index is 639. The van der Waals surface area contributed by atoms with Gasteiger partial charge in [-0.05, 0) is 11.5 Å². The van der Waals surface area contributed by atoms with Crippen LogP contribution in [0, 0.1) is 20.2 Å². The second-order valence-electron chi connectivity index (χ2n) is 3.43. The normalized spacial score (nSPS) is 10.4. The molecule has 7 nitrogen and oxygen atoms in total. The zero-order valence-electron chi connectivity index (χ0n) is 8.49. The van der Waals surface area contributed by atoms with Crippen molar-refractivity contribution in [1.29, 1.82) is 0 Å². The Kier molecular flexibility index (Phi) is 2.36. The molecule has 0 aliphatic heterocycles. The summed E-state index contributed by atoms with van der Waals surface area (Å²) in [5, 5.41) is 22.1. The minimum absolute atomic E-state index is 0.00306. The number of hydrogen-bond donors (Lipinski definition) is 1. The van der Waals surface area contributed by atoms with Crippen molar-refractivity contribution in [2.24, 2.45) is 0 Å². The quantitative estimate of drug-likeness (QED) is 0.485. The number of nitro benzene ring substituents is 2. The van der Waals surface area contributed by atoms with Crippen LogP contribution in [0.4, 0.5) is 17.1 Å². The van der Waals surface area contributed by atoms with Crippen molar-refractivity contribution in [3.63, 3.8) is 0 Å². The summed E-state index contributed by atoms with van der Waals surface area (Å²) in [5.41, 5.74) is 5.06. The van der Waals surface area contributed by atoms with Crippen LogP contribution in [0.15, 0.2) is 30.3 Å². The van der Waals surface area contributed by atoms with Gasteiger partial charge in [-0.1, -0.05) is 12.1 Å². The van der Waals surface area contributed by atoms with Crippen LogP contribution in [-0.4, -0.2) is 9.85 Å². The number of nitrogens with zero attached hydrogens (tertiary/aromatic N) is 2. The standard InChI is InChI=1S/C10H7N3O4/c11-7-4-6-2-1-3-8(12(14)15)10(6)9(5-7)13(16)17/h1-5H,11H2. The van der Waals surface area contributed by atoms with Crippen molar-refractivity contribution in [1.82, 2.24) is 0 Å². The topological polar surface area (TPSA) is 112 Å². The highest BCUT2D eigenvalue weighted by atomic mass is 16.6. The van der Waals surface area contributed by atoms with Gasteiger partial charge in [-0.3, -0.25) is 20.2 Å². The molecule has 0 unspecified atom stereocenters. The minimum atomic E-state index is -0.675. The lowest BCUT2D eigenvalue weighted by molar-refractivity contribution is -0.390. The lowest BCUT2D eigenvalue weighted by atomic mass is 10.1. The molecule has 0 spiro atoms. The van der Waals surface area contributed by atoms with Crippen LogP contribution in [0.5, 0.6) is 0 Å². The molecule has 0 aliphatic rings. The highest BCUT2D eigenvalue weighted by Crippen LogP contribution is 2.35. The monoisotopic (exact) mass is 233 g/mol. The van der Waals surface area contributed by atoms with Crippen LogP contribution in [0.1, 0.15) is 0 Å². The van der Waals surface area contributed by atoms with E-state index in [1.165, 1.54) is 18.2 Å². The molecule has 2 rings (SSSR count). The molecule has 2 N–H and O–H groups in total. The average Bonchev–Trinajstić information content (AvgIpc) is 2.26. The van der Waals surface area contributed by atoms with Gasteiger partial charge in [0.25, 0.3) is 11.4 Å². The molecule has 17 heavy (non-hydrogen) atoms. The van der Waals surface area contributed by atoms with E-state index in [0.29, 0.717) is 5.39 Å². The predicted octanol–water partition coefficient (Wildman–Crippen LogP) is 2.24. The molecule has 0 saturated heterocycles. The van der Waals surface area contributed by atoms with Gasteiger partial charge in [0, 0.05) is 17.8 Å². The summed E-state index contributed by atoms with van der Waals surface area (Å²) in [6, 6.07) is 6.82. The highest BCUT2D eigenvalue weighted by molar-refractivity contribution is 6.00. The third-order valence-corrected chi connectivity index (χ3v) is 2.35. The lowest BCUT2D eigenvalue weighted by Gasteiger charge is -2.02. The fourth-order valence-electron chi connectivity index (χ4n) is 1.70. The molecule has 86 valence electrons. The number of rotatable bonds is 2. The van der Waals surface area contributed by atoms with E-state index < -0.39 is 9.85 Å². The number of hydrogen-bond acceptors (Lipinski definition) is 5. The fourth-order valence-corrected chi connectivity index (χ4v) is 1.70. The Morgan fingerprint density at radius 2 is 1.65 bits per heavy atom. The molecule has 0 radical (unpaired) electrons. The minimum Gasteiger partial charge on any atom is -0.399 e. The second kappa shape index (κ2) is 3.71. The van der Waals surface area contributed by atoms with Gasteiger partial charge in [-0.25, -0.2) is 0 Å². The van der Waals surface area contributed by atoms with Gasteiger partial charge in [0.1, 0.15) is 5.39 Å². The Balaban J connectivity index is 2.96. The number of non-ortho nitro benzene ring substituents is 2. The van der Waals surface area contributed by atoms with E-state index in [1.54, 1.807) is 6.07 Å². The third-order valence-electron chi connectivity index (χ3n) is 2.35. The van der Waals surface area contributed by atoms with Gasteiger partial charge in [0.05, 0.1) is 9.85 Å². The van der Waals surface area contributed by atoms with Gasteiger partial charge >= 0.3 is 0 Å². The van der Waals surface area contributed by atoms with Crippen molar-refractivity contribution in [3.8, 4) is 0 Å². The predicted molar refractivity (Wildman–Crippen MR) is 61.7 cm³/mol. The first kappa shape index (κ1) is 10.8. The van der Waals surface area contributed by atoms with E-state index in [0.717, 1.165) is 6.07 Å². The summed E-state index contributed by atoms with van der Waals surface area (Å²) in [6.07, 6.45) is 0. The van der Waals surface area contributed by atoms with Crippen LogP contribution < -0.4 is 5.73 Å². The van der Waals surface area contributed by atoms with Crippen molar-refractivity contribution in [3.05, 3.63) is 50.6 Å². The van der Waals surface area contributed by atoms with E-state index >= 15 is 0 Å². The van der Waals surface area contributed by atoms with E-state index in [1.807, 2.05) is 0 Å². The lowest BCUT2D eigenvalue weighted by Crippen LogP contribution is -1.96. The molecule has 0 aromatic heterocycles.